The molecule has 1 saturated carbocycles. The second-order valence-corrected chi connectivity index (χ2v) is 5.60. The molecule has 0 aromatic heterocycles. The summed E-state index contributed by atoms with van der Waals surface area (Å²) < 4.78 is 0. The van der Waals surface area contributed by atoms with Crippen molar-refractivity contribution in [1.82, 2.24) is 4.90 Å². The van der Waals surface area contributed by atoms with Gasteiger partial charge in [-0.3, -0.25) is 0 Å². The first-order chi connectivity index (χ1) is 9.52. The lowest BCUT2D eigenvalue weighted by Gasteiger charge is -2.34. The van der Waals surface area contributed by atoms with Gasteiger partial charge in [0.25, 0.3) is 0 Å². The van der Waals surface area contributed by atoms with Gasteiger partial charge in [-0.1, -0.05) is 24.3 Å². The van der Waals surface area contributed by atoms with E-state index in [0.29, 0.717) is 5.92 Å². The summed E-state index contributed by atoms with van der Waals surface area (Å²) >= 11 is 0. The van der Waals surface area contributed by atoms with E-state index < -0.39 is 5.97 Å². The monoisotopic (exact) mass is 275 g/mol. The minimum Gasteiger partial charge on any atom is -0.478 e. The number of carbonyl (C=O) groups is 1. The smallest absolute Gasteiger partial charge is 0.328 e. The highest BCUT2D eigenvalue weighted by molar-refractivity contribution is 5.85. The fourth-order valence-electron chi connectivity index (χ4n) is 2.57. The van der Waals surface area contributed by atoms with E-state index in [4.69, 9.17) is 5.11 Å². The Morgan fingerprint density at radius 3 is 2.55 bits per heavy atom. The van der Waals surface area contributed by atoms with Gasteiger partial charge < -0.3 is 15.1 Å². The van der Waals surface area contributed by atoms with Gasteiger partial charge in [-0.2, -0.15) is 0 Å². The normalized spacial score (nSPS) is 22.1. The van der Waals surface area contributed by atoms with E-state index in [0.717, 1.165) is 37.6 Å². The molecule has 2 rings (SSSR count). The summed E-state index contributed by atoms with van der Waals surface area (Å²) in [4.78, 5) is 12.7. The number of carboxylic acid groups (broad SMARTS) is 1. The largest absolute Gasteiger partial charge is 0.478 e. The zero-order valence-corrected chi connectivity index (χ0v) is 11.7. The van der Waals surface area contributed by atoms with Crippen molar-refractivity contribution < 1.29 is 15.0 Å². The van der Waals surface area contributed by atoms with Crippen molar-refractivity contribution in [3.8, 4) is 0 Å². The van der Waals surface area contributed by atoms with E-state index in [1.54, 1.807) is 6.08 Å². The highest BCUT2D eigenvalue weighted by Gasteiger charge is 2.27. The zero-order valence-electron chi connectivity index (χ0n) is 11.7. The standard InChI is InChI=1S/C16H21NO3/c1-17(11-14-8-15(18)9-14)10-13-4-2-12(3-5-13)6-7-16(19)20/h2-7,14-15,18H,8-11H2,1H3,(H,19,20). The summed E-state index contributed by atoms with van der Waals surface area (Å²) in [5.41, 5.74) is 2.10. The van der Waals surface area contributed by atoms with Crippen molar-refractivity contribution >= 4 is 12.0 Å². The SMILES string of the molecule is CN(Cc1ccc(C=CC(=O)O)cc1)CC1CC(O)C1. The molecule has 108 valence electrons. The van der Waals surface area contributed by atoms with Gasteiger partial charge in [0.05, 0.1) is 6.10 Å². The molecular weight excluding hydrogens is 254 g/mol. The molecule has 2 N–H and O–H groups in total. The molecule has 1 aromatic rings. The lowest BCUT2D eigenvalue weighted by molar-refractivity contribution is -0.131. The molecule has 0 saturated heterocycles. The van der Waals surface area contributed by atoms with Crippen LogP contribution in [0.25, 0.3) is 6.08 Å². The number of hydrogen-bond donors (Lipinski definition) is 2. The summed E-state index contributed by atoms with van der Waals surface area (Å²) in [6, 6.07) is 7.90. The quantitative estimate of drug-likeness (QED) is 0.779. The number of rotatable bonds is 6. The van der Waals surface area contributed by atoms with Crippen molar-refractivity contribution in [2.75, 3.05) is 13.6 Å². The molecule has 0 heterocycles. The molecule has 0 amide bonds. The maximum atomic E-state index is 10.4. The Labute approximate surface area is 119 Å². The second kappa shape index (κ2) is 6.68. The number of nitrogens with zero attached hydrogens (tertiary/aromatic N) is 1. The molecule has 4 nitrogen and oxygen atoms in total. The number of carboxylic acids is 1. The van der Waals surface area contributed by atoms with Gasteiger partial charge in [-0.25, -0.2) is 4.79 Å². The predicted octanol–water partition coefficient (Wildman–Crippen LogP) is 1.99. The molecule has 0 aliphatic heterocycles. The maximum absolute atomic E-state index is 10.4. The van der Waals surface area contributed by atoms with Crippen molar-refractivity contribution in [3.05, 3.63) is 41.5 Å². The van der Waals surface area contributed by atoms with Gasteiger partial charge in [0, 0.05) is 19.2 Å². The molecule has 1 fully saturated rings. The van der Waals surface area contributed by atoms with Gasteiger partial charge in [-0.15, -0.1) is 0 Å². The highest BCUT2D eigenvalue weighted by atomic mass is 16.4. The molecule has 0 bridgehead atoms. The van der Waals surface area contributed by atoms with E-state index in [1.807, 2.05) is 24.3 Å². The van der Waals surface area contributed by atoms with Crippen LogP contribution < -0.4 is 0 Å². The van der Waals surface area contributed by atoms with Crippen molar-refractivity contribution in [2.24, 2.45) is 5.92 Å². The van der Waals surface area contributed by atoms with Crippen molar-refractivity contribution in [2.45, 2.75) is 25.5 Å². The van der Waals surface area contributed by atoms with Gasteiger partial charge in [-0.05, 0) is 43.0 Å². The van der Waals surface area contributed by atoms with Gasteiger partial charge in [0.15, 0.2) is 0 Å². The first-order valence-corrected chi connectivity index (χ1v) is 6.89. The zero-order chi connectivity index (χ0) is 14.5. The minimum absolute atomic E-state index is 0.0892. The number of aliphatic carboxylic acids is 1. The van der Waals surface area contributed by atoms with Gasteiger partial charge in [0.1, 0.15) is 0 Å². The van der Waals surface area contributed by atoms with Crippen LogP contribution in [0.4, 0.5) is 0 Å². The maximum Gasteiger partial charge on any atom is 0.328 e. The van der Waals surface area contributed by atoms with Gasteiger partial charge >= 0.3 is 5.97 Å². The number of aliphatic hydroxyl groups excluding tert-OH is 1. The fourth-order valence-corrected chi connectivity index (χ4v) is 2.57. The van der Waals surface area contributed by atoms with Crippen LogP contribution >= 0.6 is 0 Å². The Balaban J connectivity index is 1.82. The van der Waals surface area contributed by atoms with Gasteiger partial charge in [0.2, 0.25) is 0 Å². The Morgan fingerprint density at radius 2 is 2.00 bits per heavy atom. The van der Waals surface area contributed by atoms with Crippen LogP contribution in [0.15, 0.2) is 30.3 Å². The second-order valence-electron chi connectivity index (χ2n) is 5.60. The average Bonchev–Trinajstić information content (AvgIpc) is 2.36. The Bertz CT molecular complexity index is 475. The lowest BCUT2D eigenvalue weighted by Crippen LogP contribution is -2.36. The Kier molecular flexibility index (Phi) is 4.93. The molecule has 0 unspecified atom stereocenters. The summed E-state index contributed by atoms with van der Waals surface area (Å²) in [7, 11) is 2.09. The molecule has 20 heavy (non-hydrogen) atoms. The molecule has 0 radical (unpaired) electrons. The van der Waals surface area contributed by atoms with Crippen LogP contribution in [0.2, 0.25) is 0 Å². The summed E-state index contributed by atoms with van der Waals surface area (Å²) in [6.45, 7) is 1.88. The molecule has 1 aliphatic rings. The van der Waals surface area contributed by atoms with E-state index in [1.165, 1.54) is 5.56 Å². The summed E-state index contributed by atoms with van der Waals surface area (Å²) in [6.07, 6.45) is 4.48. The van der Waals surface area contributed by atoms with E-state index >= 15 is 0 Å². The minimum atomic E-state index is -0.934. The third-order valence-corrected chi connectivity index (χ3v) is 3.63. The Hall–Kier alpha value is -1.65. The van der Waals surface area contributed by atoms with Crippen LogP contribution in [0.1, 0.15) is 24.0 Å². The highest BCUT2D eigenvalue weighted by Crippen LogP contribution is 2.27. The van der Waals surface area contributed by atoms with Crippen LogP contribution in [-0.2, 0) is 11.3 Å². The van der Waals surface area contributed by atoms with E-state index in [2.05, 4.69) is 11.9 Å². The predicted molar refractivity (Wildman–Crippen MR) is 78.2 cm³/mol. The average molecular weight is 275 g/mol. The van der Waals surface area contributed by atoms with Crippen molar-refractivity contribution in [3.63, 3.8) is 0 Å². The third kappa shape index (κ3) is 4.47. The fraction of sp³-hybridized carbons (Fsp3) is 0.438. The molecule has 0 atom stereocenters. The van der Waals surface area contributed by atoms with E-state index in [-0.39, 0.29) is 6.10 Å². The van der Waals surface area contributed by atoms with E-state index in [9.17, 15) is 9.90 Å². The molecule has 4 heteroatoms. The van der Waals surface area contributed by atoms with Crippen LogP contribution in [0.5, 0.6) is 0 Å². The Morgan fingerprint density at radius 1 is 1.35 bits per heavy atom. The van der Waals surface area contributed by atoms with Crippen molar-refractivity contribution in [1.29, 1.82) is 0 Å². The van der Waals surface area contributed by atoms with Crippen LogP contribution in [0.3, 0.4) is 0 Å². The topological polar surface area (TPSA) is 60.8 Å². The number of hydrogen-bond acceptors (Lipinski definition) is 3. The summed E-state index contributed by atoms with van der Waals surface area (Å²) in [5.74, 6) is -0.315. The number of benzene rings is 1. The molecule has 1 aliphatic carbocycles. The van der Waals surface area contributed by atoms with Crippen LogP contribution in [0, 0.1) is 5.92 Å². The number of aliphatic hydroxyl groups is 1. The lowest BCUT2D eigenvalue weighted by atomic mass is 9.82. The molecule has 0 spiro atoms. The van der Waals surface area contributed by atoms with Crippen LogP contribution in [-0.4, -0.2) is 40.8 Å². The molecule has 1 aromatic carbocycles. The first-order valence-electron chi connectivity index (χ1n) is 6.89. The molecular formula is C16H21NO3. The summed E-state index contributed by atoms with van der Waals surface area (Å²) in [5, 5.41) is 17.8. The third-order valence-electron chi connectivity index (χ3n) is 3.63. The first kappa shape index (κ1) is 14.8.